The fourth-order valence-electron chi connectivity index (χ4n) is 4.49. The number of benzene rings is 2. The van der Waals surface area contributed by atoms with E-state index in [4.69, 9.17) is 9.26 Å². The van der Waals surface area contributed by atoms with Crippen LogP contribution in [0.1, 0.15) is 38.7 Å². The Kier molecular flexibility index (Phi) is 5.53. The molecule has 0 saturated carbocycles. The topological polar surface area (TPSA) is 97.2 Å². The van der Waals surface area contributed by atoms with Crippen molar-refractivity contribution < 1.29 is 22.8 Å². The maximum Gasteiger partial charge on any atom is 0.276 e. The predicted octanol–water partition coefficient (Wildman–Crippen LogP) is 4.02. The van der Waals surface area contributed by atoms with Crippen LogP contribution in [-0.4, -0.2) is 39.4 Å². The van der Waals surface area contributed by atoms with Crippen LogP contribution in [0.2, 0.25) is 0 Å². The van der Waals surface area contributed by atoms with Gasteiger partial charge < -0.3 is 14.2 Å². The van der Waals surface area contributed by atoms with E-state index in [0.717, 1.165) is 28.8 Å². The van der Waals surface area contributed by atoms with Crippen LogP contribution in [0.4, 0.5) is 8.78 Å². The van der Waals surface area contributed by atoms with Gasteiger partial charge in [0.15, 0.2) is 11.5 Å². The number of nitriles is 1. The van der Waals surface area contributed by atoms with Gasteiger partial charge in [0.1, 0.15) is 11.6 Å². The van der Waals surface area contributed by atoms with Crippen molar-refractivity contribution in [3.05, 3.63) is 88.2 Å². The summed E-state index contributed by atoms with van der Waals surface area (Å²) in [5.41, 5.74) is 2.83. The second-order valence-corrected chi connectivity index (χ2v) is 8.16. The number of fused-ring (bicyclic) bond motifs is 1. The Morgan fingerprint density at radius 2 is 2.06 bits per heavy atom. The van der Waals surface area contributed by atoms with E-state index in [1.54, 1.807) is 36.0 Å². The van der Waals surface area contributed by atoms with Gasteiger partial charge in [-0.25, -0.2) is 13.5 Å². The fourth-order valence-corrected chi connectivity index (χ4v) is 4.49. The highest BCUT2D eigenvalue weighted by Gasteiger charge is 2.35. The summed E-state index contributed by atoms with van der Waals surface area (Å²) in [4.78, 5) is 15.0. The van der Waals surface area contributed by atoms with Crippen LogP contribution in [0.3, 0.4) is 0 Å². The number of aryl methyl sites for hydroxylation is 1. The molecule has 1 aliphatic heterocycles. The van der Waals surface area contributed by atoms with Gasteiger partial charge in [-0.15, -0.1) is 0 Å². The molecule has 2 aromatic carbocycles. The zero-order valence-electron chi connectivity index (χ0n) is 18.8. The van der Waals surface area contributed by atoms with Gasteiger partial charge in [-0.3, -0.25) is 4.79 Å². The highest BCUT2D eigenvalue weighted by molar-refractivity contribution is 5.93. The zero-order chi connectivity index (χ0) is 24.7. The Bertz CT molecular complexity index is 1490. The Balaban J connectivity index is 1.53. The number of rotatable bonds is 4. The highest BCUT2D eigenvalue weighted by atomic mass is 19.1. The number of hydrogen-bond acceptors (Lipinski definition) is 6. The maximum atomic E-state index is 14.2. The average molecular weight is 475 g/mol. The molecule has 1 aliphatic rings. The van der Waals surface area contributed by atoms with Gasteiger partial charge in [-0.05, 0) is 29.3 Å². The number of aromatic nitrogens is 3. The Labute approximate surface area is 198 Å². The fraction of sp³-hybridized carbons (Fsp3) is 0.200. The normalized spacial score (nSPS) is 14.9. The number of ether oxygens (including phenoxy) is 1. The second kappa shape index (κ2) is 8.68. The summed E-state index contributed by atoms with van der Waals surface area (Å²) in [7, 11) is 3.30. The SMILES string of the molecule is COc1c(C2CN(C(=O)c3cc(-c4ccc(F)cc4F)on3)Cc3c(C#N)cccc32)cnn1C. The van der Waals surface area contributed by atoms with Crippen molar-refractivity contribution in [3.63, 3.8) is 0 Å². The number of carbonyl (C=O) groups excluding carboxylic acids is 1. The van der Waals surface area contributed by atoms with Crippen molar-refractivity contribution >= 4 is 5.91 Å². The van der Waals surface area contributed by atoms with Crippen molar-refractivity contribution in [2.24, 2.45) is 7.05 Å². The lowest BCUT2D eigenvalue weighted by Crippen LogP contribution is -2.39. The van der Waals surface area contributed by atoms with E-state index in [1.165, 1.54) is 12.1 Å². The first kappa shape index (κ1) is 22.3. The van der Waals surface area contributed by atoms with E-state index in [0.29, 0.717) is 11.4 Å². The average Bonchev–Trinajstić information content (AvgIpc) is 3.49. The first-order valence-corrected chi connectivity index (χ1v) is 10.7. The molecule has 5 rings (SSSR count). The van der Waals surface area contributed by atoms with E-state index < -0.39 is 17.5 Å². The Hall–Kier alpha value is -4.52. The molecule has 0 aliphatic carbocycles. The standard InChI is InChI=1S/C25H19F2N5O3/c1-31-25(34-2)18(11-29-31)20-13-32(12-19-14(10-28)4-3-5-16(19)20)24(33)22-9-23(35-30-22)17-7-6-15(26)8-21(17)27/h3-9,11,20H,12-13H2,1-2H3. The van der Waals surface area contributed by atoms with Crippen LogP contribution in [0, 0.1) is 23.0 Å². The van der Waals surface area contributed by atoms with Crippen LogP contribution in [0.15, 0.2) is 53.2 Å². The summed E-state index contributed by atoms with van der Waals surface area (Å²) < 4.78 is 39.8. The molecule has 176 valence electrons. The highest BCUT2D eigenvalue weighted by Crippen LogP contribution is 2.39. The lowest BCUT2D eigenvalue weighted by Gasteiger charge is -2.34. The molecule has 35 heavy (non-hydrogen) atoms. The van der Waals surface area contributed by atoms with Crippen LogP contribution in [0.5, 0.6) is 5.88 Å². The summed E-state index contributed by atoms with van der Waals surface area (Å²) in [6, 6.07) is 12.0. The number of methoxy groups -OCH3 is 1. The molecule has 0 saturated heterocycles. The van der Waals surface area contributed by atoms with Gasteiger partial charge in [0.05, 0.1) is 30.5 Å². The summed E-state index contributed by atoms with van der Waals surface area (Å²) in [5.74, 6) is -1.75. The molecule has 0 radical (unpaired) electrons. The predicted molar refractivity (Wildman–Crippen MR) is 119 cm³/mol. The minimum Gasteiger partial charge on any atom is -0.481 e. The van der Waals surface area contributed by atoms with E-state index in [9.17, 15) is 18.8 Å². The third kappa shape index (κ3) is 3.81. The van der Waals surface area contributed by atoms with Crippen LogP contribution in [-0.2, 0) is 13.6 Å². The molecule has 0 N–H and O–H groups in total. The summed E-state index contributed by atoms with van der Waals surface area (Å²) >= 11 is 0. The summed E-state index contributed by atoms with van der Waals surface area (Å²) in [6.45, 7) is 0.458. The molecule has 4 aromatic rings. The largest absolute Gasteiger partial charge is 0.481 e. The molecular formula is C25H19F2N5O3. The number of carbonyl (C=O) groups is 1. The summed E-state index contributed by atoms with van der Waals surface area (Å²) in [6.07, 6.45) is 1.69. The van der Waals surface area contributed by atoms with E-state index in [2.05, 4.69) is 16.3 Å². The molecule has 2 aromatic heterocycles. The molecular weight excluding hydrogens is 456 g/mol. The van der Waals surface area contributed by atoms with Crippen LogP contribution < -0.4 is 4.74 Å². The molecule has 3 heterocycles. The number of halogens is 2. The lowest BCUT2D eigenvalue weighted by atomic mass is 9.83. The first-order chi connectivity index (χ1) is 16.9. The van der Waals surface area contributed by atoms with Gasteiger partial charge in [0, 0.05) is 43.8 Å². The molecule has 0 bridgehead atoms. The molecule has 10 heteroatoms. The van der Waals surface area contributed by atoms with Gasteiger partial charge >= 0.3 is 0 Å². The first-order valence-electron chi connectivity index (χ1n) is 10.7. The van der Waals surface area contributed by atoms with Gasteiger partial charge in [-0.1, -0.05) is 17.3 Å². The molecule has 0 fully saturated rings. The molecule has 1 amide bonds. The zero-order valence-corrected chi connectivity index (χ0v) is 18.8. The van der Waals surface area contributed by atoms with E-state index in [-0.39, 0.29) is 36.0 Å². The second-order valence-electron chi connectivity index (χ2n) is 8.16. The van der Waals surface area contributed by atoms with E-state index >= 15 is 0 Å². The molecule has 0 spiro atoms. The van der Waals surface area contributed by atoms with Gasteiger partial charge in [-0.2, -0.15) is 10.4 Å². The van der Waals surface area contributed by atoms with Gasteiger partial charge in [0.25, 0.3) is 5.91 Å². The molecule has 8 nitrogen and oxygen atoms in total. The number of nitrogens with zero attached hydrogens (tertiary/aromatic N) is 5. The summed E-state index contributed by atoms with van der Waals surface area (Å²) in [5, 5.41) is 17.8. The number of hydrogen-bond donors (Lipinski definition) is 0. The van der Waals surface area contributed by atoms with Crippen molar-refractivity contribution in [1.82, 2.24) is 19.8 Å². The molecule has 1 atom stereocenters. The van der Waals surface area contributed by atoms with Crippen molar-refractivity contribution in [2.75, 3.05) is 13.7 Å². The van der Waals surface area contributed by atoms with Crippen LogP contribution >= 0.6 is 0 Å². The minimum absolute atomic E-state index is 0.00597. The van der Waals surface area contributed by atoms with Gasteiger partial charge in [0.2, 0.25) is 5.88 Å². The maximum absolute atomic E-state index is 14.2. The Morgan fingerprint density at radius 3 is 2.80 bits per heavy atom. The Morgan fingerprint density at radius 1 is 1.23 bits per heavy atom. The van der Waals surface area contributed by atoms with Crippen molar-refractivity contribution in [1.29, 1.82) is 5.26 Å². The van der Waals surface area contributed by atoms with E-state index in [1.807, 2.05) is 12.1 Å². The quantitative estimate of drug-likeness (QED) is 0.442. The lowest BCUT2D eigenvalue weighted by molar-refractivity contribution is 0.0713. The smallest absolute Gasteiger partial charge is 0.276 e. The minimum atomic E-state index is -0.825. The monoisotopic (exact) mass is 475 g/mol. The van der Waals surface area contributed by atoms with Crippen molar-refractivity contribution in [2.45, 2.75) is 12.5 Å². The number of amides is 1. The van der Waals surface area contributed by atoms with Crippen molar-refractivity contribution in [3.8, 4) is 23.3 Å². The molecule has 1 unspecified atom stereocenters. The third-order valence-corrected chi connectivity index (χ3v) is 6.15. The third-order valence-electron chi connectivity index (χ3n) is 6.15. The van der Waals surface area contributed by atoms with Crippen LogP contribution in [0.25, 0.3) is 11.3 Å².